The van der Waals surface area contributed by atoms with Gasteiger partial charge in [0, 0.05) is 37.3 Å². The molecule has 0 atom stereocenters. The SMILES string of the molecule is CC(C)NCc1cn(C)nc1C1CCCC1. The average molecular weight is 221 g/mol. The normalized spacial score (nSPS) is 17.5. The molecule has 1 aliphatic rings. The molecule has 1 aliphatic carbocycles. The highest BCUT2D eigenvalue weighted by Crippen LogP contribution is 2.34. The van der Waals surface area contributed by atoms with Gasteiger partial charge in [-0.2, -0.15) is 5.10 Å². The Morgan fingerprint density at radius 2 is 2.12 bits per heavy atom. The van der Waals surface area contributed by atoms with Crippen molar-refractivity contribution in [1.82, 2.24) is 15.1 Å². The van der Waals surface area contributed by atoms with E-state index in [2.05, 4.69) is 30.5 Å². The predicted octanol–water partition coefficient (Wildman–Crippen LogP) is 2.58. The van der Waals surface area contributed by atoms with Gasteiger partial charge in [-0.25, -0.2) is 0 Å². The van der Waals surface area contributed by atoms with Crippen molar-refractivity contribution in [1.29, 1.82) is 0 Å². The van der Waals surface area contributed by atoms with Crippen LogP contribution in [0, 0.1) is 0 Å². The number of nitrogens with zero attached hydrogens (tertiary/aromatic N) is 2. The summed E-state index contributed by atoms with van der Waals surface area (Å²) >= 11 is 0. The highest BCUT2D eigenvalue weighted by atomic mass is 15.3. The average Bonchev–Trinajstić information content (AvgIpc) is 2.82. The first-order valence-electron chi connectivity index (χ1n) is 6.42. The first-order valence-corrected chi connectivity index (χ1v) is 6.42. The first kappa shape index (κ1) is 11.6. The zero-order valence-corrected chi connectivity index (χ0v) is 10.7. The van der Waals surface area contributed by atoms with E-state index in [4.69, 9.17) is 0 Å². The second kappa shape index (κ2) is 5.00. The zero-order chi connectivity index (χ0) is 11.5. The Bertz CT molecular complexity index is 335. The van der Waals surface area contributed by atoms with E-state index >= 15 is 0 Å². The van der Waals surface area contributed by atoms with E-state index in [1.54, 1.807) is 0 Å². The highest BCUT2D eigenvalue weighted by Gasteiger charge is 2.22. The molecule has 0 radical (unpaired) electrons. The van der Waals surface area contributed by atoms with E-state index in [9.17, 15) is 0 Å². The lowest BCUT2D eigenvalue weighted by molar-refractivity contribution is 0.579. The minimum absolute atomic E-state index is 0.539. The van der Waals surface area contributed by atoms with Crippen LogP contribution in [0.25, 0.3) is 0 Å². The maximum atomic E-state index is 4.65. The zero-order valence-electron chi connectivity index (χ0n) is 10.7. The molecule has 1 N–H and O–H groups in total. The molecule has 0 unspecified atom stereocenters. The van der Waals surface area contributed by atoms with Crippen LogP contribution in [0.5, 0.6) is 0 Å². The van der Waals surface area contributed by atoms with Gasteiger partial charge in [-0.3, -0.25) is 4.68 Å². The van der Waals surface area contributed by atoms with Crippen LogP contribution in [0.4, 0.5) is 0 Å². The summed E-state index contributed by atoms with van der Waals surface area (Å²) in [5.41, 5.74) is 2.73. The Balaban J connectivity index is 2.09. The topological polar surface area (TPSA) is 29.9 Å². The van der Waals surface area contributed by atoms with Gasteiger partial charge in [0.1, 0.15) is 0 Å². The molecule has 2 rings (SSSR count). The summed E-state index contributed by atoms with van der Waals surface area (Å²) in [6, 6.07) is 0.539. The molecular formula is C13H23N3. The standard InChI is InChI=1S/C13H23N3/c1-10(2)14-8-12-9-16(3)15-13(12)11-6-4-5-7-11/h9-11,14H,4-8H2,1-3H3. The van der Waals surface area contributed by atoms with Gasteiger partial charge in [0.15, 0.2) is 0 Å². The molecule has 16 heavy (non-hydrogen) atoms. The first-order chi connectivity index (χ1) is 7.66. The maximum absolute atomic E-state index is 4.65. The van der Waals surface area contributed by atoms with Gasteiger partial charge in [0.2, 0.25) is 0 Å². The molecule has 0 aromatic carbocycles. The number of aryl methyl sites for hydroxylation is 1. The molecule has 1 heterocycles. The smallest absolute Gasteiger partial charge is 0.0700 e. The maximum Gasteiger partial charge on any atom is 0.0700 e. The third kappa shape index (κ3) is 2.64. The molecule has 1 saturated carbocycles. The van der Waals surface area contributed by atoms with Crippen LogP contribution in [-0.4, -0.2) is 15.8 Å². The van der Waals surface area contributed by atoms with E-state index < -0.39 is 0 Å². The summed E-state index contributed by atoms with van der Waals surface area (Å²) < 4.78 is 1.96. The van der Waals surface area contributed by atoms with E-state index in [0.717, 1.165) is 6.54 Å². The quantitative estimate of drug-likeness (QED) is 0.847. The van der Waals surface area contributed by atoms with Crippen molar-refractivity contribution in [3.8, 4) is 0 Å². The third-order valence-electron chi connectivity index (χ3n) is 3.38. The molecular weight excluding hydrogens is 198 g/mol. The Labute approximate surface area is 98.2 Å². The number of nitrogens with one attached hydrogen (secondary N) is 1. The minimum Gasteiger partial charge on any atom is -0.310 e. The Hall–Kier alpha value is -0.830. The number of hydrogen-bond acceptors (Lipinski definition) is 2. The highest BCUT2D eigenvalue weighted by molar-refractivity contribution is 5.22. The fourth-order valence-corrected chi connectivity index (χ4v) is 2.55. The van der Waals surface area contributed by atoms with Crippen molar-refractivity contribution >= 4 is 0 Å². The molecule has 1 aromatic heterocycles. The molecule has 1 fully saturated rings. The van der Waals surface area contributed by atoms with E-state index in [1.165, 1.54) is 36.9 Å². The van der Waals surface area contributed by atoms with Gasteiger partial charge in [-0.1, -0.05) is 26.7 Å². The molecule has 3 nitrogen and oxygen atoms in total. The fourth-order valence-electron chi connectivity index (χ4n) is 2.55. The van der Waals surface area contributed by atoms with Crippen LogP contribution in [0.2, 0.25) is 0 Å². The van der Waals surface area contributed by atoms with Crippen LogP contribution in [0.3, 0.4) is 0 Å². The van der Waals surface area contributed by atoms with Gasteiger partial charge in [0.05, 0.1) is 5.69 Å². The lowest BCUT2D eigenvalue weighted by atomic mass is 10.0. The van der Waals surface area contributed by atoms with Crippen LogP contribution in [0.15, 0.2) is 6.20 Å². The molecule has 90 valence electrons. The van der Waals surface area contributed by atoms with Crippen molar-refractivity contribution in [2.45, 2.75) is 58.0 Å². The molecule has 1 aromatic rings. The van der Waals surface area contributed by atoms with E-state index in [1.807, 2.05) is 11.7 Å². The summed E-state index contributed by atoms with van der Waals surface area (Å²) in [4.78, 5) is 0. The second-order valence-corrected chi connectivity index (χ2v) is 5.23. The summed E-state index contributed by atoms with van der Waals surface area (Å²) in [6.07, 6.45) is 7.57. The summed E-state index contributed by atoms with van der Waals surface area (Å²) in [7, 11) is 2.03. The third-order valence-corrected chi connectivity index (χ3v) is 3.38. The molecule has 0 saturated heterocycles. The molecule has 3 heteroatoms. The fraction of sp³-hybridized carbons (Fsp3) is 0.769. The summed E-state index contributed by atoms with van der Waals surface area (Å²) in [5.74, 6) is 0.713. The van der Waals surface area contributed by atoms with E-state index in [0.29, 0.717) is 12.0 Å². The summed E-state index contributed by atoms with van der Waals surface area (Å²) in [5, 5.41) is 8.13. The van der Waals surface area contributed by atoms with Gasteiger partial charge in [-0.05, 0) is 12.8 Å². The van der Waals surface area contributed by atoms with Crippen LogP contribution >= 0.6 is 0 Å². The van der Waals surface area contributed by atoms with Gasteiger partial charge >= 0.3 is 0 Å². The van der Waals surface area contributed by atoms with Gasteiger partial charge in [0.25, 0.3) is 0 Å². The molecule has 0 bridgehead atoms. The van der Waals surface area contributed by atoms with Crippen LogP contribution in [0.1, 0.15) is 56.7 Å². The number of rotatable bonds is 4. The molecule has 0 amide bonds. The lowest BCUT2D eigenvalue weighted by Gasteiger charge is -2.11. The molecule has 0 aliphatic heterocycles. The predicted molar refractivity (Wildman–Crippen MR) is 66.4 cm³/mol. The van der Waals surface area contributed by atoms with E-state index in [-0.39, 0.29) is 0 Å². The van der Waals surface area contributed by atoms with Crippen molar-refractivity contribution in [3.05, 3.63) is 17.5 Å². The Morgan fingerprint density at radius 3 is 2.75 bits per heavy atom. The number of aromatic nitrogens is 2. The van der Waals surface area contributed by atoms with Crippen molar-refractivity contribution in [3.63, 3.8) is 0 Å². The summed E-state index contributed by atoms with van der Waals surface area (Å²) in [6.45, 7) is 5.33. The largest absolute Gasteiger partial charge is 0.310 e. The Kier molecular flexibility index (Phi) is 3.64. The molecule has 0 spiro atoms. The monoisotopic (exact) mass is 221 g/mol. The van der Waals surface area contributed by atoms with Crippen molar-refractivity contribution in [2.24, 2.45) is 7.05 Å². The minimum atomic E-state index is 0.539. The van der Waals surface area contributed by atoms with Crippen LogP contribution < -0.4 is 5.32 Å². The van der Waals surface area contributed by atoms with Crippen LogP contribution in [-0.2, 0) is 13.6 Å². The lowest BCUT2D eigenvalue weighted by Crippen LogP contribution is -2.22. The second-order valence-electron chi connectivity index (χ2n) is 5.23. The van der Waals surface area contributed by atoms with Crippen molar-refractivity contribution < 1.29 is 0 Å². The van der Waals surface area contributed by atoms with Crippen molar-refractivity contribution in [2.75, 3.05) is 0 Å². The Morgan fingerprint density at radius 1 is 1.44 bits per heavy atom. The van der Waals surface area contributed by atoms with Gasteiger partial charge < -0.3 is 5.32 Å². The number of hydrogen-bond donors (Lipinski definition) is 1. The van der Waals surface area contributed by atoms with Gasteiger partial charge in [-0.15, -0.1) is 0 Å².